The number of pyridine rings is 1. The van der Waals surface area contributed by atoms with Crippen molar-refractivity contribution in [1.82, 2.24) is 0 Å². The Balaban J connectivity index is 1.92. The molecule has 0 fully saturated rings. The average molecular weight is 355 g/mol. The summed E-state index contributed by atoms with van der Waals surface area (Å²) < 4.78 is 6.79. The van der Waals surface area contributed by atoms with Crippen molar-refractivity contribution in [3.05, 3.63) is 59.9 Å². The van der Waals surface area contributed by atoms with Crippen LogP contribution in [-0.2, 0) is 16.1 Å². The van der Waals surface area contributed by atoms with E-state index in [0.717, 1.165) is 12.8 Å². The number of ether oxygens (including phenoxy) is 1. The van der Waals surface area contributed by atoms with Gasteiger partial charge in [-0.05, 0) is 43.7 Å². The number of rotatable bonds is 8. The van der Waals surface area contributed by atoms with Crippen LogP contribution in [0.4, 0.5) is 5.69 Å². The molecule has 0 saturated carbocycles. The molecule has 0 spiro atoms. The Bertz CT molecular complexity index is 785. The maximum atomic E-state index is 12.1. The number of hydrogen-bond acceptors (Lipinski definition) is 4. The Kier molecular flexibility index (Phi) is 7.02. The van der Waals surface area contributed by atoms with Gasteiger partial charge in [-0.2, -0.15) is 4.57 Å². The minimum absolute atomic E-state index is 0.0545. The van der Waals surface area contributed by atoms with Gasteiger partial charge in [-0.1, -0.05) is 13.3 Å². The van der Waals surface area contributed by atoms with Crippen molar-refractivity contribution < 1.29 is 23.7 Å². The average Bonchev–Trinajstić information content (AvgIpc) is 2.62. The molecule has 0 radical (unpaired) electrons. The van der Waals surface area contributed by atoms with Gasteiger partial charge < -0.3 is 10.1 Å². The number of carbonyl (C=O) groups excluding carboxylic acids is 3. The number of benzene rings is 1. The maximum Gasteiger partial charge on any atom is 0.338 e. The van der Waals surface area contributed by atoms with Crippen molar-refractivity contribution >= 4 is 23.3 Å². The summed E-state index contributed by atoms with van der Waals surface area (Å²) >= 11 is 0. The fraction of sp³-hybridized carbons (Fsp3) is 0.300. The molecule has 1 amide bonds. The summed E-state index contributed by atoms with van der Waals surface area (Å²) in [6.07, 6.45) is 5.16. The molecule has 6 nitrogen and oxygen atoms in total. The van der Waals surface area contributed by atoms with Crippen molar-refractivity contribution in [3.63, 3.8) is 0 Å². The summed E-state index contributed by atoms with van der Waals surface area (Å²) in [5.41, 5.74) is 1.58. The van der Waals surface area contributed by atoms with Gasteiger partial charge in [0.25, 0.3) is 5.91 Å². The summed E-state index contributed by atoms with van der Waals surface area (Å²) in [6, 6.07) is 9.98. The molecule has 1 heterocycles. The number of carbonyl (C=O) groups is 3. The zero-order chi connectivity index (χ0) is 18.9. The topological polar surface area (TPSA) is 76.3 Å². The second kappa shape index (κ2) is 9.46. The standard InChI is InChI=1S/C20H22N2O4/c1-3-4-12-26-20(25)16-7-9-18(10-8-16)21-19(24)14-22-11-5-6-17(13-22)15(2)23/h5-11,13H,3-4,12,14H2,1-2H3/p+1. The molecule has 0 aliphatic carbocycles. The predicted octanol–water partition coefficient (Wildman–Crippen LogP) is 2.77. The largest absolute Gasteiger partial charge is 0.462 e. The number of aromatic nitrogens is 1. The van der Waals surface area contributed by atoms with Gasteiger partial charge in [0.2, 0.25) is 6.54 Å². The fourth-order valence-electron chi connectivity index (χ4n) is 2.28. The molecule has 136 valence electrons. The first kappa shape index (κ1) is 19.3. The van der Waals surface area contributed by atoms with E-state index in [-0.39, 0.29) is 24.2 Å². The third kappa shape index (κ3) is 5.81. The van der Waals surface area contributed by atoms with Crippen LogP contribution < -0.4 is 9.88 Å². The molecule has 26 heavy (non-hydrogen) atoms. The molecule has 6 heteroatoms. The third-order valence-corrected chi connectivity index (χ3v) is 3.73. The van der Waals surface area contributed by atoms with Crippen LogP contribution in [0.25, 0.3) is 0 Å². The summed E-state index contributed by atoms with van der Waals surface area (Å²) in [6.45, 7) is 4.00. The highest BCUT2D eigenvalue weighted by Gasteiger charge is 2.13. The molecule has 2 rings (SSSR count). The highest BCUT2D eigenvalue weighted by molar-refractivity contribution is 5.94. The smallest absolute Gasteiger partial charge is 0.338 e. The van der Waals surface area contributed by atoms with Crippen LogP contribution in [0.1, 0.15) is 47.4 Å². The predicted molar refractivity (Wildman–Crippen MR) is 96.9 cm³/mol. The van der Waals surface area contributed by atoms with Crippen molar-refractivity contribution in [2.75, 3.05) is 11.9 Å². The van der Waals surface area contributed by atoms with E-state index >= 15 is 0 Å². The van der Waals surface area contributed by atoms with E-state index in [1.807, 2.05) is 6.92 Å². The zero-order valence-electron chi connectivity index (χ0n) is 15.0. The molecule has 0 aliphatic rings. The molecule has 1 aromatic heterocycles. The fourth-order valence-corrected chi connectivity index (χ4v) is 2.28. The Morgan fingerprint density at radius 3 is 2.46 bits per heavy atom. The number of unbranched alkanes of at least 4 members (excludes halogenated alkanes) is 1. The van der Waals surface area contributed by atoms with Crippen LogP contribution in [0.5, 0.6) is 0 Å². The Morgan fingerprint density at radius 2 is 1.81 bits per heavy atom. The number of nitrogens with one attached hydrogen (secondary N) is 1. The maximum absolute atomic E-state index is 12.1. The minimum Gasteiger partial charge on any atom is -0.462 e. The second-order valence-corrected chi connectivity index (χ2v) is 5.94. The van der Waals surface area contributed by atoms with Crippen LogP contribution in [0.2, 0.25) is 0 Å². The monoisotopic (exact) mass is 355 g/mol. The number of ketones is 1. The number of amides is 1. The lowest BCUT2D eigenvalue weighted by Gasteiger charge is -2.06. The van der Waals surface area contributed by atoms with Crippen molar-refractivity contribution in [1.29, 1.82) is 0 Å². The van der Waals surface area contributed by atoms with Crippen LogP contribution in [0.3, 0.4) is 0 Å². The van der Waals surface area contributed by atoms with Crippen LogP contribution >= 0.6 is 0 Å². The van der Waals surface area contributed by atoms with Crippen molar-refractivity contribution in [3.8, 4) is 0 Å². The summed E-state index contributed by atoms with van der Waals surface area (Å²) in [5.74, 6) is -0.650. The Morgan fingerprint density at radius 1 is 1.08 bits per heavy atom. The molecule has 0 atom stereocenters. The van der Waals surface area contributed by atoms with Gasteiger partial charge in [-0.15, -0.1) is 0 Å². The minimum atomic E-state index is -0.368. The molecule has 1 N–H and O–H groups in total. The highest BCUT2D eigenvalue weighted by Crippen LogP contribution is 2.11. The molecule has 0 saturated heterocycles. The summed E-state index contributed by atoms with van der Waals surface area (Å²) in [7, 11) is 0. The van der Waals surface area contributed by atoms with Gasteiger partial charge in [-0.25, -0.2) is 4.79 Å². The van der Waals surface area contributed by atoms with Gasteiger partial charge in [0.05, 0.1) is 17.7 Å². The van der Waals surface area contributed by atoms with Crippen LogP contribution in [0, 0.1) is 0 Å². The van der Waals surface area contributed by atoms with Gasteiger partial charge in [0.1, 0.15) is 0 Å². The Hall–Kier alpha value is -3.02. The van der Waals surface area contributed by atoms with Gasteiger partial charge >= 0.3 is 5.97 Å². The van der Waals surface area contributed by atoms with Gasteiger partial charge in [0, 0.05) is 11.8 Å². The number of anilines is 1. The Labute approximate surface area is 152 Å². The van der Waals surface area contributed by atoms with Crippen LogP contribution in [0.15, 0.2) is 48.8 Å². The van der Waals surface area contributed by atoms with Crippen LogP contribution in [-0.4, -0.2) is 24.3 Å². The SMILES string of the molecule is CCCCOC(=O)c1ccc(NC(=O)C[n+]2cccc(C(C)=O)c2)cc1. The van der Waals surface area contributed by atoms with Crippen molar-refractivity contribution in [2.45, 2.75) is 33.2 Å². The molecular formula is C20H23N2O4+. The van der Waals surface area contributed by atoms with Gasteiger partial charge in [-0.3, -0.25) is 9.59 Å². The van der Waals surface area contributed by atoms with E-state index in [1.54, 1.807) is 53.4 Å². The highest BCUT2D eigenvalue weighted by atomic mass is 16.5. The molecule has 0 bridgehead atoms. The number of Topliss-reactive ketones (excluding diaryl/α,β-unsaturated/α-hetero) is 1. The van der Waals surface area contributed by atoms with Crippen molar-refractivity contribution in [2.24, 2.45) is 0 Å². The zero-order valence-corrected chi connectivity index (χ0v) is 15.0. The molecular weight excluding hydrogens is 332 g/mol. The van der Waals surface area contributed by atoms with E-state index in [2.05, 4.69) is 5.32 Å². The normalized spacial score (nSPS) is 10.2. The van der Waals surface area contributed by atoms with E-state index in [9.17, 15) is 14.4 Å². The quantitative estimate of drug-likeness (QED) is 0.342. The second-order valence-electron chi connectivity index (χ2n) is 5.94. The van der Waals surface area contributed by atoms with E-state index in [1.165, 1.54) is 6.92 Å². The number of hydrogen-bond donors (Lipinski definition) is 1. The lowest BCUT2D eigenvalue weighted by atomic mass is 10.2. The third-order valence-electron chi connectivity index (χ3n) is 3.73. The van der Waals surface area contributed by atoms with E-state index in [0.29, 0.717) is 23.4 Å². The van der Waals surface area contributed by atoms with E-state index < -0.39 is 0 Å². The molecule has 0 aliphatic heterocycles. The van der Waals surface area contributed by atoms with Gasteiger partial charge in [0.15, 0.2) is 18.2 Å². The molecule has 2 aromatic rings. The summed E-state index contributed by atoms with van der Waals surface area (Å²) in [4.78, 5) is 35.4. The number of esters is 1. The summed E-state index contributed by atoms with van der Waals surface area (Å²) in [5, 5.41) is 2.76. The molecule has 0 unspecified atom stereocenters. The van der Waals surface area contributed by atoms with E-state index in [4.69, 9.17) is 4.74 Å². The number of nitrogens with zero attached hydrogens (tertiary/aromatic N) is 1. The first-order chi connectivity index (χ1) is 12.5. The lowest BCUT2D eigenvalue weighted by molar-refractivity contribution is -0.684. The first-order valence-corrected chi connectivity index (χ1v) is 8.56. The molecule has 1 aromatic carbocycles. The lowest BCUT2D eigenvalue weighted by Crippen LogP contribution is -2.40. The first-order valence-electron chi connectivity index (χ1n) is 8.56.